The van der Waals surface area contributed by atoms with Crippen molar-refractivity contribution in [3.05, 3.63) is 64.1 Å². The number of hydrogen-bond donors (Lipinski definition) is 1. The van der Waals surface area contributed by atoms with E-state index in [1.165, 1.54) is 10.6 Å². The molecule has 1 aromatic carbocycles. The summed E-state index contributed by atoms with van der Waals surface area (Å²) in [4.78, 5) is 24.7. The van der Waals surface area contributed by atoms with Crippen molar-refractivity contribution < 1.29 is 4.79 Å². The molecule has 1 aromatic heterocycles. The first-order chi connectivity index (χ1) is 10.9. The van der Waals surface area contributed by atoms with Crippen LogP contribution in [0, 0.1) is 24.2 Å². The van der Waals surface area contributed by atoms with E-state index >= 15 is 0 Å². The van der Waals surface area contributed by atoms with Gasteiger partial charge in [-0.25, -0.2) is 0 Å². The zero-order valence-corrected chi connectivity index (χ0v) is 13.4. The van der Waals surface area contributed by atoms with Gasteiger partial charge in [-0.05, 0) is 42.7 Å². The molecule has 118 valence electrons. The second-order valence-corrected chi connectivity index (χ2v) is 5.82. The van der Waals surface area contributed by atoms with Crippen LogP contribution >= 0.6 is 0 Å². The maximum absolute atomic E-state index is 12.6. The number of benzene rings is 1. The van der Waals surface area contributed by atoms with Crippen LogP contribution in [0.25, 0.3) is 0 Å². The van der Waals surface area contributed by atoms with Gasteiger partial charge in [0.2, 0.25) is 5.91 Å². The van der Waals surface area contributed by atoms with Crippen LogP contribution in [0.15, 0.2) is 47.4 Å². The molecule has 0 aliphatic heterocycles. The Morgan fingerprint density at radius 3 is 2.39 bits per heavy atom. The van der Waals surface area contributed by atoms with E-state index in [0.29, 0.717) is 11.3 Å². The fraction of sp³-hybridized carbons (Fsp3) is 0.278. The Morgan fingerprint density at radius 1 is 1.17 bits per heavy atom. The predicted molar refractivity (Wildman–Crippen MR) is 89.1 cm³/mol. The standard InChI is InChI=1S/C18H19N3O2/c1-12(2)17(21-11-13(3)4-9-16(21)22)18(23)20-15-7-5-14(10-19)6-8-15/h4-9,11-12,17H,1-3H3,(H,20,23). The molecule has 1 N–H and O–H groups in total. The zero-order valence-electron chi connectivity index (χ0n) is 13.4. The van der Waals surface area contributed by atoms with Crippen LogP contribution in [0.4, 0.5) is 5.69 Å². The highest BCUT2D eigenvalue weighted by Gasteiger charge is 2.25. The third-order valence-corrected chi connectivity index (χ3v) is 3.57. The van der Waals surface area contributed by atoms with Gasteiger partial charge in [-0.3, -0.25) is 9.59 Å². The molecule has 0 spiro atoms. The van der Waals surface area contributed by atoms with E-state index in [2.05, 4.69) is 5.32 Å². The minimum atomic E-state index is -0.599. The summed E-state index contributed by atoms with van der Waals surface area (Å²) in [5.74, 6) is -0.301. The summed E-state index contributed by atoms with van der Waals surface area (Å²) in [6.45, 7) is 5.68. The van der Waals surface area contributed by atoms with Gasteiger partial charge in [-0.15, -0.1) is 0 Å². The number of pyridine rings is 1. The Morgan fingerprint density at radius 2 is 1.83 bits per heavy atom. The largest absolute Gasteiger partial charge is 0.324 e. The summed E-state index contributed by atoms with van der Waals surface area (Å²) < 4.78 is 1.47. The predicted octanol–water partition coefficient (Wildman–Crippen LogP) is 2.86. The summed E-state index contributed by atoms with van der Waals surface area (Å²) in [6, 6.07) is 11.3. The van der Waals surface area contributed by atoms with Gasteiger partial charge < -0.3 is 9.88 Å². The Labute approximate surface area is 135 Å². The van der Waals surface area contributed by atoms with Gasteiger partial charge in [-0.2, -0.15) is 5.26 Å². The lowest BCUT2D eigenvalue weighted by molar-refractivity contribution is -0.120. The lowest BCUT2D eigenvalue weighted by atomic mass is 10.0. The van der Waals surface area contributed by atoms with Crippen LogP contribution in [0.1, 0.15) is 31.0 Å². The van der Waals surface area contributed by atoms with Crippen molar-refractivity contribution in [3.63, 3.8) is 0 Å². The SMILES string of the molecule is Cc1ccc(=O)n(C(C(=O)Nc2ccc(C#N)cc2)C(C)C)c1. The lowest BCUT2D eigenvalue weighted by Gasteiger charge is -2.23. The Kier molecular flexibility index (Phi) is 4.97. The number of rotatable bonds is 4. The molecule has 1 amide bonds. The van der Waals surface area contributed by atoms with Crippen LogP contribution in [0.5, 0.6) is 0 Å². The van der Waals surface area contributed by atoms with Crippen LogP contribution < -0.4 is 10.9 Å². The molecule has 5 nitrogen and oxygen atoms in total. The van der Waals surface area contributed by atoms with Gasteiger partial charge in [0.1, 0.15) is 6.04 Å². The quantitative estimate of drug-likeness (QED) is 0.943. The van der Waals surface area contributed by atoms with E-state index in [-0.39, 0.29) is 17.4 Å². The molecule has 1 unspecified atom stereocenters. The van der Waals surface area contributed by atoms with Gasteiger partial charge in [0.15, 0.2) is 0 Å². The van der Waals surface area contributed by atoms with Gasteiger partial charge in [0.25, 0.3) is 5.56 Å². The third-order valence-electron chi connectivity index (χ3n) is 3.57. The van der Waals surface area contributed by atoms with Gasteiger partial charge in [0.05, 0.1) is 11.6 Å². The van der Waals surface area contributed by atoms with Crippen molar-refractivity contribution in [2.45, 2.75) is 26.8 Å². The molecule has 0 saturated heterocycles. The Balaban J connectivity index is 2.30. The molecule has 2 rings (SSSR count). The van der Waals surface area contributed by atoms with Crippen molar-refractivity contribution in [1.82, 2.24) is 4.57 Å². The van der Waals surface area contributed by atoms with Crippen LogP contribution in [0.2, 0.25) is 0 Å². The first-order valence-corrected chi connectivity index (χ1v) is 7.42. The maximum Gasteiger partial charge on any atom is 0.251 e. The van der Waals surface area contributed by atoms with Crippen LogP contribution in [-0.2, 0) is 4.79 Å². The highest BCUT2D eigenvalue weighted by atomic mass is 16.2. The minimum Gasteiger partial charge on any atom is -0.324 e. The van der Waals surface area contributed by atoms with E-state index < -0.39 is 6.04 Å². The van der Waals surface area contributed by atoms with E-state index in [0.717, 1.165) is 5.56 Å². The van der Waals surface area contributed by atoms with Crippen molar-refractivity contribution in [1.29, 1.82) is 5.26 Å². The average Bonchev–Trinajstić information content (AvgIpc) is 2.51. The molecule has 0 aliphatic carbocycles. The Bertz CT molecular complexity index is 798. The molecule has 0 aliphatic rings. The number of hydrogen-bond acceptors (Lipinski definition) is 3. The first-order valence-electron chi connectivity index (χ1n) is 7.42. The van der Waals surface area contributed by atoms with Gasteiger partial charge in [0, 0.05) is 18.0 Å². The number of aryl methyl sites for hydroxylation is 1. The van der Waals surface area contributed by atoms with Crippen molar-refractivity contribution >= 4 is 11.6 Å². The van der Waals surface area contributed by atoms with Gasteiger partial charge in [-0.1, -0.05) is 19.9 Å². The molecule has 1 atom stereocenters. The molecule has 5 heteroatoms. The monoisotopic (exact) mass is 309 g/mol. The summed E-state index contributed by atoms with van der Waals surface area (Å²) in [6.07, 6.45) is 1.70. The highest BCUT2D eigenvalue weighted by molar-refractivity contribution is 5.93. The zero-order chi connectivity index (χ0) is 17.0. The van der Waals surface area contributed by atoms with Crippen molar-refractivity contribution in [3.8, 4) is 6.07 Å². The highest BCUT2D eigenvalue weighted by Crippen LogP contribution is 2.19. The topological polar surface area (TPSA) is 74.9 Å². The number of nitriles is 1. The first kappa shape index (κ1) is 16.5. The molecule has 23 heavy (non-hydrogen) atoms. The molecule has 0 saturated carbocycles. The number of nitrogens with one attached hydrogen (secondary N) is 1. The summed E-state index contributed by atoms with van der Waals surface area (Å²) in [5, 5.41) is 11.6. The van der Waals surface area contributed by atoms with E-state index in [1.54, 1.807) is 36.5 Å². The Hall–Kier alpha value is -2.87. The minimum absolute atomic E-state index is 0.0483. The second kappa shape index (κ2) is 6.93. The molecular formula is C18H19N3O2. The number of anilines is 1. The van der Waals surface area contributed by atoms with Crippen LogP contribution in [0.3, 0.4) is 0 Å². The fourth-order valence-corrected chi connectivity index (χ4v) is 2.43. The molecule has 0 bridgehead atoms. The smallest absolute Gasteiger partial charge is 0.251 e. The second-order valence-electron chi connectivity index (χ2n) is 5.82. The maximum atomic E-state index is 12.6. The number of nitrogens with zero attached hydrogens (tertiary/aromatic N) is 2. The van der Waals surface area contributed by atoms with E-state index in [9.17, 15) is 9.59 Å². The number of amides is 1. The normalized spacial score (nSPS) is 11.8. The summed E-state index contributed by atoms with van der Waals surface area (Å²) in [5.41, 5.74) is 1.84. The fourth-order valence-electron chi connectivity index (χ4n) is 2.43. The molecular weight excluding hydrogens is 290 g/mol. The van der Waals surface area contributed by atoms with Crippen molar-refractivity contribution in [2.24, 2.45) is 5.92 Å². The van der Waals surface area contributed by atoms with Gasteiger partial charge >= 0.3 is 0 Å². The lowest BCUT2D eigenvalue weighted by Crippen LogP contribution is -2.36. The van der Waals surface area contributed by atoms with Crippen molar-refractivity contribution in [2.75, 3.05) is 5.32 Å². The number of carbonyl (C=O) groups is 1. The summed E-state index contributed by atoms with van der Waals surface area (Å²) >= 11 is 0. The third kappa shape index (κ3) is 3.86. The molecule has 2 aromatic rings. The average molecular weight is 309 g/mol. The summed E-state index contributed by atoms with van der Waals surface area (Å²) in [7, 11) is 0. The number of aromatic nitrogens is 1. The van der Waals surface area contributed by atoms with E-state index in [4.69, 9.17) is 5.26 Å². The molecule has 0 fully saturated rings. The van der Waals surface area contributed by atoms with E-state index in [1.807, 2.05) is 26.8 Å². The molecule has 1 heterocycles. The number of carbonyl (C=O) groups excluding carboxylic acids is 1. The van der Waals surface area contributed by atoms with Crippen LogP contribution in [-0.4, -0.2) is 10.5 Å². The molecule has 0 radical (unpaired) electrons.